The first-order chi connectivity index (χ1) is 10.6. The van der Waals surface area contributed by atoms with Gasteiger partial charge in [-0.1, -0.05) is 24.3 Å². The lowest BCUT2D eigenvalue weighted by atomic mass is 10.3. The van der Waals surface area contributed by atoms with Crippen molar-refractivity contribution in [3.8, 4) is 0 Å². The number of benzene rings is 1. The molecule has 2 rings (SSSR count). The molecule has 0 saturated heterocycles. The number of sulfone groups is 1. The second-order valence-corrected chi connectivity index (χ2v) is 6.63. The molecule has 6 nitrogen and oxygen atoms in total. The molecule has 1 aromatic heterocycles. The number of hydrogen-bond donors (Lipinski definition) is 2. The standard InChI is InChI=1S/C15H17N3O3S/c19-15(18-10-13-5-4-8-16-9-13)11-17-12-22(20,21)14-6-2-1-3-7-14/h1-9,17H,10-12H2,(H,18,19). The maximum absolute atomic E-state index is 12.0. The lowest BCUT2D eigenvalue weighted by molar-refractivity contribution is -0.120. The molecule has 0 aliphatic carbocycles. The number of carbonyl (C=O) groups excluding carboxylic acids is 1. The van der Waals surface area contributed by atoms with Crippen molar-refractivity contribution in [1.29, 1.82) is 0 Å². The summed E-state index contributed by atoms with van der Waals surface area (Å²) in [6.07, 6.45) is 3.31. The Morgan fingerprint density at radius 2 is 1.86 bits per heavy atom. The van der Waals surface area contributed by atoms with Crippen molar-refractivity contribution < 1.29 is 13.2 Å². The fourth-order valence-electron chi connectivity index (χ4n) is 1.78. The molecule has 116 valence electrons. The number of hydrogen-bond acceptors (Lipinski definition) is 5. The Balaban J connectivity index is 1.75. The zero-order valence-electron chi connectivity index (χ0n) is 11.9. The van der Waals surface area contributed by atoms with Crippen LogP contribution in [0.4, 0.5) is 0 Å². The monoisotopic (exact) mass is 319 g/mol. The van der Waals surface area contributed by atoms with Gasteiger partial charge in [-0.3, -0.25) is 15.1 Å². The summed E-state index contributed by atoms with van der Waals surface area (Å²) < 4.78 is 24.0. The van der Waals surface area contributed by atoms with Gasteiger partial charge in [-0.2, -0.15) is 0 Å². The average molecular weight is 319 g/mol. The Morgan fingerprint density at radius 1 is 1.09 bits per heavy atom. The van der Waals surface area contributed by atoms with Gasteiger partial charge in [-0.05, 0) is 23.8 Å². The normalized spacial score (nSPS) is 11.1. The van der Waals surface area contributed by atoms with E-state index in [2.05, 4.69) is 15.6 Å². The van der Waals surface area contributed by atoms with Gasteiger partial charge in [-0.25, -0.2) is 8.42 Å². The van der Waals surface area contributed by atoms with Crippen molar-refractivity contribution in [2.45, 2.75) is 11.4 Å². The summed E-state index contributed by atoms with van der Waals surface area (Å²) in [6.45, 7) is 0.298. The maximum Gasteiger partial charge on any atom is 0.234 e. The smallest absolute Gasteiger partial charge is 0.234 e. The van der Waals surface area contributed by atoms with Crippen LogP contribution < -0.4 is 10.6 Å². The van der Waals surface area contributed by atoms with Crippen LogP contribution >= 0.6 is 0 Å². The van der Waals surface area contributed by atoms with Gasteiger partial charge < -0.3 is 5.32 Å². The van der Waals surface area contributed by atoms with Crippen LogP contribution in [-0.2, 0) is 21.2 Å². The third-order valence-corrected chi connectivity index (χ3v) is 4.47. The first-order valence-corrected chi connectivity index (χ1v) is 8.37. The molecule has 0 atom stereocenters. The SMILES string of the molecule is O=C(CNCS(=O)(=O)c1ccccc1)NCc1cccnc1. The van der Waals surface area contributed by atoms with Gasteiger partial charge in [-0.15, -0.1) is 0 Å². The zero-order valence-corrected chi connectivity index (χ0v) is 12.7. The number of pyridine rings is 1. The highest BCUT2D eigenvalue weighted by atomic mass is 32.2. The Kier molecular flexibility index (Phi) is 5.62. The van der Waals surface area contributed by atoms with E-state index < -0.39 is 9.84 Å². The van der Waals surface area contributed by atoms with Gasteiger partial charge in [0.25, 0.3) is 0 Å². The van der Waals surface area contributed by atoms with E-state index in [0.717, 1.165) is 5.56 Å². The molecule has 22 heavy (non-hydrogen) atoms. The molecule has 0 saturated carbocycles. The first-order valence-electron chi connectivity index (χ1n) is 6.72. The molecule has 7 heteroatoms. The molecule has 1 heterocycles. The van der Waals surface area contributed by atoms with Gasteiger partial charge in [0.1, 0.15) is 5.88 Å². The number of amides is 1. The summed E-state index contributed by atoms with van der Waals surface area (Å²) >= 11 is 0. The molecule has 0 bridgehead atoms. The quantitative estimate of drug-likeness (QED) is 0.785. The van der Waals surface area contributed by atoms with E-state index in [1.807, 2.05) is 6.07 Å². The van der Waals surface area contributed by atoms with E-state index in [0.29, 0.717) is 6.54 Å². The van der Waals surface area contributed by atoms with Crippen molar-refractivity contribution in [2.75, 3.05) is 12.4 Å². The van der Waals surface area contributed by atoms with Crippen molar-refractivity contribution in [2.24, 2.45) is 0 Å². The first kappa shape index (κ1) is 16.1. The lowest BCUT2D eigenvalue weighted by Gasteiger charge is -2.07. The molecule has 2 aromatic rings. The summed E-state index contributed by atoms with van der Waals surface area (Å²) in [5.41, 5.74) is 0.882. The van der Waals surface area contributed by atoms with Crippen LogP contribution in [0.25, 0.3) is 0 Å². The molecule has 0 spiro atoms. The topological polar surface area (TPSA) is 88.2 Å². The Labute approximate surface area is 129 Å². The molecule has 0 fully saturated rings. The van der Waals surface area contributed by atoms with Crippen LogP contribution in [0.15, 0.2) is 59.8 Å². The molecule has 0 radical (unpaired) electrons. The second kappa shape index (κ2) is 7.67. The lowest BCUT2D eigenvalue weighted by Crippen LogP contribution is -2.35. The van der Waals surface area contributed by atoms with Crippen molar-refractivity contribution >= 4 is 15.7 Å². The molecule has 1 amide bonds. The van der Waals surface area contributed by atoms with E-state index >= 15 is 0 Å². The molecular weight excluding hydrogens is 302 g/mol. The largest absolute Gasteiger partial charge is 0.351 e. The summed E-state index contributed by atoms with van der Waals surface area (Å²) in [4.78, 5) is 15.8. The number of aromatic nitrogens is 1. The van der Waals surface area contributed by atoms with E-state index in [9.17, 15) is 13.2 Å². The summed E-state index contributed by atoms with van der Waals surface area (Å²) in [5, 5.41) is 5.33. The Hall–Kier alpha value is -2.25. The van der Waals surface area contributed by atoms with E-state index in [4.69, 9.17) is 0 Å². The predicted molar refractivity (Wildman–Crippen MR) is 82.6 cm³/mol. The predicted octanol–water partition coefficient (Wildman–Crippen LogP) is 0.719. The van der Waals surface area contributed by atoms with Gasteiger partial charge in [0.15, 0.2) is 9.84 Å². The molecule has 0 aliphatic heterocycles. The van der Waals surface area contributed by atoms with Gasteiger partial charge in [0.2, 0.25) is 5.91 Å². The molecular formula is C15H17N3O3S. The number of carbonyl (C=O) groups is 1. The molecule has 2 N–H and O–H groups in total. The van der Waals surface area contributed by atoms with Gasteiger partial charge in [0, 0.05) is 18.9 Å². The van der Waals surface area contributed by atoms with Crippen molar-refractivity contribution in [1.82, 2.24) is 15.6 Å². The van der Waals surface area contributed by atoms with Crippen LogP contribution in [0.1, 0.15) is 5.56 Å². The Morgan fingerprint density at radius 3 is 2.55 bits per heavy atom. The third kappa shape index (κ3) is 4.94. The minimum Gasteiger partial charge on any atom is -0.351 e. The van der Waals surface area contributed by atoms with Gasteiger partial charge in [0.05, 0.1) is 11.4 Å². The summed E-state index contributed by atoms with van der Waals surface area (Å²) in [6, 6.07) is 11.8. The van der Waals surface area contributed by atoms with Gasteiger partial charge >= 0.3 is 0 Å². The highest BCUT2D eigenvalue weighted by Gasteiger charge is 2.13. The molecule has 0 unspecified atom stereocenters. The van der Waals surface area contributed by atoms with Crippen LogP contribution in [0.5, 0.6) is 0 Å². The van der Waals surface area contributed by atoms with Crippen LogP contribution in [-0.4, -0.2) is 31.7 Å². The molecule has 0 aliphatic rings. The Bertz CT molecular complexity index is 703. The second-order valence-electron chi connectivity index (χ2n) is 4.64. The van der Waals surface area contributed by atoms with Crippen LogP contribution in [0.3, 0.4) is 0 Å². The number of rotatable bonds is 7. The molecule has 1 aromatic carbocycles. The fourth-order valence-corrected chi connectivity index (χ4v) is 2.89. The zero-order chi connectivity index (χ0) is 15.8. The van der Waals surface area contributed by atoms with E-state index in [1.54, 1.807) is 36.7 Å². The minimum atomic E-state index is -3.42. The average Bonchev–Trinajstić information content (AvgIpc) is 2.54. The number of nitrogens with zero attached hydrogens (tertiary/aromatic N) is 1. The summed E-state index contributed by atoms with van der Waals surface area (Å²) in [7, 11) is -3.42. The highest BCUT2D eigenvalue weighted by molar-refractivity contribution is 7.91. The fraction of sp³-hybridized carbons (Fsp3) is 0.200. The van der Waals surface area contributed by atoms with Crippen molar-refractivity contribution in [3.63, 3.8) is 0 Å². The van der Waals surface area contributed by atoms with E-state index in [1.165, 1.54) is 12.1 Å². The van der Waals surface area contributed by atoms with Crippen LogP contribution in [0, 0.1) is 0 Å². The summed E-state index contributed by atoms with van der Waals surface area (Å²) in [5.74, 6) is -0.552. The number of nitrogens with one attached hydrogen (secondary N) is 2. The highest BCUT2D eigenvalue weighted by Crippen LogP contribution is 2.08. The maximum atomic E-state index is 12.0. The van der Waals surface area contributed by atoms with Crippen molar-refractivity contribution in [3.05, 3.63) is 60.4 Å². The third-order valence-electron chi connectivity index (χ3n) is 2.89. The minimum absolute atomic E-state index is 0.0632. The van der Waals surface area contributed by atoms with Crippen LogP contribution in [0.2, 0.25) is 0 Å². The van der Waals surface area contributed by atoms with E-state index in [-0.39, 0.29) is 23.2 Å².